The highest BCUT2D eigenvalue weighted by atomic mass is 35.5. The molecule has 2 fully saturated rings. The van der Waals surface area contributed by atoms with Crippen LogP contribution < -0.4 is 26.6 Å². The highest BCUT2D eigenvalue weighted by molar-refractivity contribution is 6.36. The van der Waals surface area contributed by atoms with Crippen molar-refractivity contribution in [3.05, 3.63) is 96.8 Å². The molecule has 1 spiro atoms. The Bertz CT molecular complexity index is 2100. The maximum absolute atomic E-state index is 13.1. The number of fused-ring (bicyclic) bond motifs is 1. The lowest BCUT2D eigenvalue weighted by atomic mass is 9.86. The summed E-state index contributed by atoms with van der Waals surface area (Å²) in [6, 6.07) is 13.6. The molecule has 4 heterocycles. The van der Waals surface area contributed by atoms with Crippen LogP contribution in [-0.4, -0.2) is 56.6 Å². The van der Waals surface area contributed by atoms with E-state index in [0.29, 0.717) is 28.6 Å². The molecule has 0 unspecified atom stereocenters. The van der Waals surface area contributed by atoms with Gasteiger partial charge in [-0.2, -0.15) is 0 Å². The third-order valence-corrected chi connectivity index (χ3v) is 10.3. The molecule has 4 aromatic rings. The molecule has 0 bridgehead atoms. The molecule has 2 aromatic carbocycles. The van der Waals surface area contributed by atoms with Crippen molar-refractivity contribution in [2.24, 2.45) is 14.1 Å². The van der Waals surface area contributed by atoms with Crippen LogP contribution in [0.15, 0.2) is 58.3 Å². The molecule has 12 heteroatoms. The first kappa shape index (κ1) is 30.9. The zero-order chi connectivity index (χ0) is 33.2. The van der Waals surface area contributed by atoms with E-state index >= 15 is 0 Å². The number of carbonyl (C=O) groups excluding carboxylic acids is 2. The Balaban J connectivity index is 1.18. The number of hydrogen-bond donors (Lipinski definition) is 2. The maximum atomic E-state index is 13.1. The Morgan fingerprint density at radius 2 is 1.79 bits per heavy atom. The number of amides is 2. The summed E-state index contributed by atoms with van der Waals surface area (Å²) >= 11 is 6.90. The van der Waals surface area contributed by atoms with E-state index in [-0.39, 0.29) is 23.1 Å². The number of aryl methyl sites for hydroxylation is 2. The number of likely N-dealkylation sites (tertiary alicyclic amines) is 1. The number of nitrogens with one attached hydrogen (secondary N) is 2. The van der Waals surface area contributed by atoms with Gasteiger partial charge in [-0.15, -0.1) is 0 Å². The minimum Gasteiger partial charge on any atom is -0.481 e. The second-order valence-electron chi connectivity index (χ2n) is 12.8. The Hall–Kier alpha value is -4.74. The van der Waals surface area contributed by atoms with Gasteiger partial charge < -0.3 is 19.9 Å². The number of pyridine rings is 1. The minimum absolute atomic E-state index is 0.0855. The van der Waals surface area contributed by atoms with E-state index < -0.39 is 17.2 Å². The number of ether oxygens (including phenoxy) is 1. The van der Waals surface area contributed by atoms with E-state index in [4.69, 9.17) is 21.3 Å². The molecule has 2 aromatic heterocycles. The third kappa shape index (κ3) is 5.14. The summed E-state index contributed by atoms with van der Waals surface area (Å²) in [5, 5.41) is 6.24. The van der Waals surface area contributed by atoms with Crippen molar-refractivity contribution in [3.8, 4) is 28.3 Å². The second-order valence-corrected chi connectivity index (χ2v) is 13.2. The number of halogens is 1. The fraction of sp³-hybridized carbons (Fsp3) is 0.343. The molecule has 242 valence electrons. The average molecular weight is 655 g/mol. The quantitative estimate of drug-likeness (QED) is 0.322. The van der Waals surface area contributed by atoms with E-state index in [1.54, 1.807) is 19.2 Å². The van der Waals surface area contributed by atoms with Crippen molar-refractivity contribution >= 4 is 29.1 Å². The number of anilines is 1. The molecule has 2 aliphatic heterocycles. The summed E-state index contributed by atoms with van der Waals surface area (Å²) in [5.41, 5.74) is 5.46. The van der Waals surface area contributed by atoms with Crippen LogP contribution in [0.4, 0.5) is 5.69 Å². The van der Waals surface area contributed by atoms with Gasteiger partial charge in [0.1, 0.15) is 5.56 Å². The van der Waals surface area contributed by atoms with Gasteiger partial charge in [0.05, 0.1) is 29.1 Å². The maximum Gasteiger partial charge on any atom is 0.330 e. The van der Waals surface area contributed by atoms with Crippen LogP contribution >= 0.6 is 11.6 Å². The standard InChI is InChI=1S/C35H35ClN6O5/c1-19-21(23-9-6-10-25(30(23)36)37-31(44)24-16-40(2)34(46)41(3)33(24)45)7-5-8-22(19)26-15-20-11-12-27(29(20)32(38-26)47-4)42-17-35(18-42)14-13-28(43)39-35/h5-10,15-16,27H,11-14,17-18H2,1-4H3,(H,37,44)(H,39,43)/t27-/m0/s1. The Labute approximate surface area is 276 Å². The van der Waals surface area contributed by atoms with Gasteiger partial charge in [-0.3, -0.25) is 23.9 Å². The summed E-state index contributed by atoms with van der Waals surface area (Å²) in [7, 11) is 4.46. The number of benzene rings is 2. The SMILES string of the molecule is COc1nc(-c2cccc(-c3cccc(NC(=O)c4cn(C)c(=O)n(C)c4=O)c3Cl)c2C)cc2c1[C@@H](N1CC3(CCC(=O)N3)C1)CC2. The van der Waals surface area contributed by atoms with Gasteiger partial charge in [-0.1, -0.05) is 41.9 Å². The van der Waals surface area contributed by atoms with Gasteiger partial charge in [0.15, 0.2) is 0 Å². The first-order valence-corrected chi connectivity index (χ1v) is 16.0. The fourth-order valence-electron chi connectivity index (χ4n) is 7.40. The van der Waals surface area contributed by atoms with Gasteiger partial charge in [-0.25, -0.2) is 9.78 Å². The fourth-order valence-corrected chi connectivity index (χ4v) is 7.67. The van der Waals surface area contributed by atoms with E-state index in [9.17, 15) is 19.2 Å². The molecule has 7 rings (SSSR count). The lowest BCUT2D eigenvalue weighted by Gasteiger charge is -2.50. The lowest BCUT2D eigenvalue weighted by molar-refractivity contribution is -0.121. The molecule has 0 radical (unpaired) electrons. The van der Waals surface area contributed by atoms with Crippen LogP contribution in [0.2, 0.25) is 5.02 Å². The van der Waals surface area contributed by atoms with Gasteiger partial charge in [-0.05, 0) is 55.0 Å². The summed E-state index contributed by atoms with van der Waals surface area (Å²) in [4.78, 5) is 57.2. The molecule has 2 amide bonds. The summed E-state index contributed by atoms with van der Waals surface area (Å²) in [6.07, 6.45) is 4.59. The number of aromatic nitrogens is 3. The largest absolute Gasteiger partial charge is 0.481 e. The number of nitrogens with zero attached hydrogens (tertiary/aromatic N) is 4. The van der Waals surface area contributed by atoms with Crippen LogP contribution in [0, 0.1) is 6.92 Å². The molecular formula is C35H35ClN6O5. The first-order valence-electron chi connectivity index (χ1n) is 15.6. The molecule has 2 N–H and O–H groups in total. The molecule has 3 aliphatic rings. The van der Waals surface area contributed by atoms with Gasteiger partial charge in [0.2, 0.25) is 11.8 Å². The second kappa shape index (κ2) is 11.5. The summed E-state index contributed by atoms with van der Waals surface area (Å²) in [6.45, 7) is 3.70. The third-order valence-electron chi connectivity index (χ3n) is 9.85. The van der Waals surface area contributed by atoms with E-state index in [1.165, 1.54) is 30.4 Å². The van der Waals surface area contributed by atoms with Crippen molar-refractivity contribution in [2.75, 3.05) is 25.5 Å². The van der Waals surface area contributed by atoms with Crippen LogP contribution in [0.5, 0.6) is 5.88 Å². The zero-order valence-electron chi connectivity index (χ0n) is 26.6. The topological polar surface area (TPSA) is 128 Å². The highest BCUT2D eigenvalue weighted by Crippen LogP contribution is 2.47. The number of carbonyl (C=O) groups is 2. The summed E-state index contributed by atoms with van der Waals surface area (Å²) in [5.74, 6) is 0.0949. The Morgan fingerprint density at radius 1 is 1.06 bits per heavy atom. The van der Waals surface area contributed by atoms with Crippen molar-refractivity contribution < 1.29 is 14.3 Å². The minimum atomic E-state index is -0.693. The average Bonchev–Trinajstić information content (AvgIpc) is 3.65. The summed E-state index contributed by atoms with van der Waals surface area (Å²) < 4.78 is 7.96. The van der Waals surface area contributed by atoms with Crippen LogP contribution in [0.1, 0.15) is 52.4 Å². The van der Waals surface area contributed by atoms with E-state index in [2.05, 4.69) is 21.6 Å². The Kier molecular flexibility index (Phi) is 7.56. The molecule has 1 atom stereocenters. The highest BCUT2D eigenvalue weighted by Gasteiger charge is 2.51. The first-order chi connectivity index (χ1) is 22.5. The molecule has 1 aliphatic carbocycles. The van der Waals surface area contributed by atoms with Crippen LogP contribution in [-0.2, 0) is 25.3 Å². The van der Waals surface area contributed by atoms with Crippen molar-refractivity contribution in [2.45, 2.75) is 44.2 Å². The number of hydrogen-bond acceptors (Lipinski definition) is 7. The predicted molar refractivity (Wildman–Crippen MR) is 179 cm³/mol. The molecule has 0 saturated carbocycles. The van der Waals surface area contributed by atoms with Gasteiger partial charge >= 0.3 is 5.69 Å². The lowest BCUT2D eigenvalue weighted by Crippen LogP contribution is -2.67. The van der Waals surface area contributed by atoms with Crippen LogP contribution in [0.3, 0.4) is 0 Å². The number of rotatable bonds is 6. The normalized spacial score (nSPS) is 18.1. The zero-order valence-corrected chi connectivity index (χ0v) is 27.4. The molecule has 11 nitrogen and oxygen atoms in total. The van der Waals surface area contributed by atoms with Gasteiger partial charge in [0.25, 0.3) is 11.5 Å². The molecule has 47 heavy (non-hydrogen) atoms. The number of methoxy groups -OCH3 is 1. The molecular weight excluding hydrogens is 620 g/mol. The van der Waals surface area contributed by atoms with Crippen molar-refractivity contribution in [1.82, 2.24) is 24.3 Å². The van der Waals surface area contributed by atoms with Crippen LogP contribution in [0.25, 0.3) is 22.4 Å². The van der Waals surface area contributed by atoms with Gasteiger partial charge in [0, 0.05) is 62.5 Å². The smallest absolute Gasteiger partial charge is 0.330 e. The van der Waals surface area contributed by atoms with Crippen molar-refractivity contribution in [3.63, 3.8) is 0 Å². The monoisotopic (exact) mass is 654 g/mol. The van der Waals surface area contributed by atoms with E-state index in [1.807, 2.05) is 31.2 Å². The van der Waals surface area contributed by atoms with Crippen molar-refractivity contribution in [1.29, 1.82) is 0 Å². The van der Waals surface area contributed by atoms with E-state index in [0.717, 1.165) is 64.9 Å². The molecule has 2 saturated heterocycles. The Morgan fingerprint density at radius 3 is 2.51 bits per heavy atom. The predicted octanol–water partition coefficient (Wildman–Crippen LogP) is 3.99.